The van der Waals surface area contributed by atoms with Crippen LogP contribution in [0.3, 0.4) is 0 Å². The van der Waals surface area contributed by atoms with E-state index in [9.17, 15) is 4.79 Å². The Labute approximate surface area is 115 Å². The molecule has 2 heterocycles. The molecule has 1 fully saturated rings. The van der Waals surface area contributed by atoms with Gasteiger partial charge in [-0.2, -0.15) is 0 Å². The molecule has 0 saturated heterocycles. The fourth-order valence-corrected chi connectivity index (χ4v) is 3.52. The van der Waals surface area contributed by atoms with Crippen LogP contribution in [0.4, 0.5) is 5.69 Å². The van der Waals surface area contributed by atoms with E-state index in [1.165, 1.54) is 11.3 Å². The van der Waals surface area contributed by atoms with E-state index in [0.29, 0.717) is 17.2 Å². The van der Waals surface area contributed by atoms with E-state index in [2.05, 4.69) is 4.98 Å². The Hall–Kier alpha value is -1.46. The van der Waals surface area contributed by atoms with Crippen LogP contribution in [0.25, 0.3) is 10.2 Å². The van der Waals surface area contributed by atoms with Crippen LogP contribution in [0, 0.1) is 12.8 Å². The third-order valence-corrected chi connectivity index (χ3v) is 4.53. The number of ketones is 1. The number of nitrogen functional groups attached to an aromatic ring is 1. The Kier molecular flexibility index (Phi) is 3.03. The highest BCUT2D eigenvalue weighted by molar-refractivity contribution is 7.21. The lowest BCUT2D eigenvalue weighted by atomic mass is 10.1. The maximum atomic E-state index is 12.2. The van der Waals surface area contributed by atoms with Gasteiger partial charge < -0.3 is 10.5 Å². The van der Waals surface area contributed by atoms with Crippen molar-refractivity contribution in [2.75, 3.05) is 12.8 Å². The number of hydrogen-bond acceptors (Lipinski definition) is 5. The SMILES string of the molecule is COCc1cc(C)c2c(N)c(C(=O)C3CC3)sc2n1. The number of ether oxygens (including phenoxy) is 1. The lowest BCUT2D eigenvalue weighted by Gasteiger charge is -2.03. The van der Waals surface area contributed by atoms with Gasteiger partial charge in [0, 0.05) is 18.4 Å². The molecule has 0 atom stereocenters. The summed E-state index contributed by atoms with van der Waals surface area (Å²) in [6.45, 7) is 2.47. The molecule has 0 spiro atoms. The molecule has 5 heteroatoms. The van der Waals surface area contributed by atoms with Crippen LogP contribution in [0.15, 0.2) is 6.07 Å². The number of carbonyl (C=O) groups is 1. The van der Waals surface area contributed by atoms with Crippen LogP contribution >= 0.6 is 11.3 Å². The van der Waals surface area contributed by atoms with E-state index >= 15 is 0 Å². The van der Waals surface area contributed by atoms with Crippen molar-refractivity contribution in [1.82, 2.24) is 4.98 Å². The lowest BCUT2D eigenvalue weighted by molar-refractivity contribution is 0.0972. The number of hydrogen-bond donors (Lipinski definition) is 1. The summed E-state index contributed by atoms with van der Waals surface area (Å²) in [6.07, 6.45) is 1.99. The molecule has 2 aromatic rings. The second kappa shape index (κ2) is 4.58. The van der Waals surface area contributed by atoms with Gasteiger partial charge in [-0.1, -0.05) is 0 Å². The zero-order valence-electron chi connectivity index (χ0n) is 11.0. The van der Waals surface area contributed by atoms with Gasteiger partial charge in [0.25, 0.3) is 0 Å². The molecule has 0 radical (unpaired) electrons. The van der Waals surface area contributed by atoms with Crippen molar-refractivity contribution >= 4 is 33.0 Å². The minimum absolute atomic E-state index is 0.188. The predicted octanol–water partition coefficient (Wildman–Crippen LogP) is 2.93. The molecule has 1 saturated carbocycles. The number of pyridine rings is 1. The van der Waals surface area contributed by atoms with Crippen LogP contribution < -0.4 is 5.73 Å². The quantitative estimate of drug-likeness (QED) is 0.872. The third kappa shape index (κ3) is 2.13. The number of aromatic nitrogens is 1. The molecule has 0 unspecified atom stereocenters. The Morgan fingerprint density at radius 1 is 1.58 bits per heavy atom. The second-order valence-corrected chi connectivity index (χ2v) is 6.03. The molecule has 4 nitrogen and oxygen atoms in total. The van der Waals surface area contributed by atoms with Crippen LogP contribution in [-0.2, 0) is 11.3 Å². The molecule has 0 amide bonds. The van der Waals surface area contributed by atoms with Gasteiger partial charge >= 0.3 is 0 Å². The maximum absolute atomic E-state index is 12.2. The van der Waals surface area contributed by atoms with E-state index < -0.39 is 0 Å². The van der Waals surface area contributed by atoms with Crippen molar-refractivity contribution in [3.05, 3.63) is 22.2 Å². The molecular formula is C14H16N2O2S. The topological polar surface area (TPSA) is 65.2 Å². The zero-order valence-corrected chi connectivity index (χ0v) is 11.8. The fourth-order valence-electron chi connectivity index (χ4n) is 2.31. The van der Waals surface area contributed by atoms with Gasteiger partial charge in [0.2, 0.25) is 0 Å². The van der Waals surface area contributed by atoms with Gasteiger partial charge in [-0.15, -0.1) is 11.3 Å². The Balaban J connectivity index is 2.13. The first-order chi connectivity index (χ1) is 9.11. The van der Waals surface area contributed by atoms with E-state index in [0.717, 1.165) is 34.3 Å². The number of methoxy groups -OCH3 is 1. The van der Waals surface area contributed by atoms with E-state index in [-0.39, 0.29) is 11.7 Å². The summed E-state index contributed by atoms with van der Waals surface area (Å²) in [7, 11) is 1.64. The minimum atomic E-state index is 0.188. The van der Waals surface area contributed by atoms with Gasteiger partial charge in [0.1, 0.15) is 4.83 Å². The number of nitrogens with zero attached hydrogens (tertiary/aromatic N) is 1. The first-order valence-electron chi connectivity index (χ1n) is 6.33. The summed E-state index contributed by atoms with van der Waals surface area (Å²) >= 11 is 1.41. The highest BCUT2D eigenvalue weighted by atomic mass is 32.1. The Bertz CT molecular complexity index is 659. The van der Waals surface area contributed by atoms with Gasteiger partial charge in [0.05, 0.1) is 22.9 Å². The maximum Gasteiger partial charge on any atom is 0.178 e. The molecule has 19 heavy (non-hydrogen) atoms. The Morgan fingerprint density at radius 2 is 2.32 bits per heavy atom. The molecular weight excluding hydrogens is 260 g/mol. The monoisotopic (exact) mass is 276 g/mol. The van der Waals surface area contributed by atoms with Crippen LogP contribution in [-0.4, -0.2) is 17.9 Å². The number of Topliss-reactive ketones (excluding diaryl/α,β-unsaturated/α-hetero) is 1. The van der Waals surface area contributed by atoms with Crippen molar-refractivity contribution in [3.8, 4) is 0 Å². The highest BCUT2D eigenvalue weighted by Gasteiger charge is 2.33. The molecule has 2 N–H and O–H groups in total. The van der Waals surface area contributed by atoms with Crippen LogP contribution in [0.2, 0.25) is 0 Å². The van der Waals surface area contributed by atoms with Crippen molar-refractivity contribution in [2.45, 2.75) is 26.4 Å². The lowest BCUT2D eigenvalue weighted by Crippen LogP contribution is -2.02. The molecule has 0 aromatic carbocycles. The van der Waals surface area contributed by atoms with E-state index in [1.54, 1.807) is 7.11 Å². The summed E-state index contributed by atoms with van der Waals surface area (Å²) in [5.41, 5.74) is 8.68. The van der Waals surface area contributed by atoms with Gasteiger partial charge in [-0.05, 0) is 31.4 Å². The number of fused-ring (bicyclic) bond motifs is 1. The number of anilines is 1. The summed E-state index contributed by atoms with van der Waals surface area (Å²) < 4.78 is 5.11. The van der Waals surface area contributed by atoms with Crippen molar-refractivity contribution in [2.24, 2.45) is 5.92 Å². The van der Waals surface area contributed by atoms with Crippen LogP contribution in [0.1, 0.15) is 33.8 Å². The first-order valence-corrected chi connectivity index (χ1v) is 7.15. The van der Waals surface area contributed by atoms with E-state index in [4.69, 9.17) is 10.5 Å². The summed E-state index contributed by atoms with van der Waals surface area (Å²) in [4.78, 5) is 18.3. The van der Waals surface area contributed by atoms with Crippen molar-refractivity contribution in [1.29, 1.82) is 0 Å². The van der Waals surface area contributed by atoms with E-state index in [1.807, 2.05) is 13.0 Å². The number of thiophene rings is 1. The van der Waals surface area contributed by atoms with Gasteiger partial charge in [-0.25, -0.2) is 4.98 Å². The molecule has 0 aliphatic heterocycles. The summed E-state index contributed by atoms with van der Waals surface area (Å²) in [5.74, 6) is 0.377. The minimum Gasteiger partial charge on any atom is -0.397 e. The smallest absolute Gasteiger partial charge is 0.178 e. The largest absolute Gasteiger partial charge is 0.397 e. The number of rotatable bonds is 4. The third-order valence-electron chi connectivity index (χ3n) is 3.41. The normalized spacial score (nSPS) is 15.1. The average molecular weight is 276 g/mol. The molecule has 100 valence electrons. The molecule has 0 bridgehead atoms. The zero-order chi connectivity index (χ0) is 13.6. The highest BCUT2D eigenvalue weighted by Crippen LogP contribution is 2.41. The summed E-state index contributed by atoms with van der Waals surface area (Å²) in [6, 6.07) is 1.97. The predicted molar refractivity (Wildman–Crippen MR) is 76.5 cm³/mol. The second-order valence-electron chi connectivity index (χ2n) is 5.03. The fraction of sp³-hybridized carbons (Fsp3) is 0.429. The van der Waals surface area contributed by atoms with Gasteiger partial charge in [-0.3, -0.25) is 4.79 Å². The van der Waals surface area contributed by atoms with Crippen molar-refractivity contribution < 1.29 is 9.53 Å². The van der Waals surface area contributed by atoms with Gasteiger partial charge in [0.15, 0.2) is 5.78 Å². The standard InChI is InChI=1S/C14H16N2O2S/c1-7-5-9(6-18-2)16-14-10(7)11(15)13(19-14)12(17)8-3-4-8/h5,8H,3-4,6,15H2,1-2H3. The number of carbonyl (C=O) groups excluding carboxylic acids is 1. The number of aryl methyl sites for hydroxylation is 1. The average Bonchev–Trinajstić information content (AvgIpc) is 3.14. The summed E-state index contributed by atoms with van der Waals surface area (Å²) in [5, 5.41) is 0.925. The Morgan fingerprint density at radius 3 is 2.95 bits per heavy atom. The first kappa shape index (κ1) is 12.6. The van der Waals surface area contributed by atoms with Crippen LogP contribution in [0.5, 0.6) is 0 Å². The van der Waals surface area contributed by atoms with Crippen molar-refractivity contribution in [3.63, 3.8) is 0 Å². The molecule has 2 aromatic heterocycles. The molecule has 1 aliphatic rings. The number of nitrogens with two attached hydrogens (primary N) is 1. The molecule has 3 rings (SSSR count). The molecule has 1 aliphatic carbocycles.